The Morgan fingerprint density at radius 3 is 2.31 bits per heavy atom. The molecular formula is C21H17NO4. The zero-order chi connectivity index (χ0) is 18.1. The van der Waals surface area contributed by atoms with Crippen molar-refractivity contribution < 1.29 is 19.4 Å². The smallest absolute Gasteiger partial charge is 0.198 e. The molecular weight excluding hydrogens is 330 g/mol. The average molecular weight is 347 g/mol. The summed E-state index contributed by atoms with van der Waals surface area (Å²) in [6.45, 7) is 3.61. The van der Waals surface area contributed by atoms with E-state index in [0.717, 1.165) is 13.1 Å². The van der Waals surface area contributed by atoms with Crippen LogP contribution in [0.3, 0.4) is 0 Å². The van der Waals surface area contributed by atoms with Crippen LogP contribution in [0.1, 0.15) is 37.4 Å². The number of aromatic hydroxyl groups is 1. The van der Waals surface area contributed by atoms with Gasteiger partial charge in [-0.2, -0.15) is 0 Å². The number of carbonyl (C=O) groups is 2. The van der Waals surface area contributed by atoms with E-state index in [2.05, 4.69) is 16.7 Å². The molecule has 0 saturated carbocycles. The first-order valence-corrected chi connectivity index (χ1v) is 8.50. The van der Waals surface area contributed by atoms with Crippen LogP contribution in [-0.2, 0) is 4.74 Å². The molecule has 2 aromatic rings. The van der Waals surface area contributed by atoms with Crippen LogP contribution >= 0.6 is 0 Å². The van der Waals surface area contributed by atoms with Gasteiger partial charge in [-0.1, -0.05) is 36.1 Å². The number of ketones is 2. The molecule has 130 valence electrons. The summed E-state index contributed by atoms with van der Waals surface area (Å²) >= 11 is 0. The minimum atomic E-state index is -0.343. The number of hydrogen-bond acceptors (Lipinski definition) is 5. The van der Waals surface area contributed by atoms with E-state index in [0.29, 0.717) is 36.4 Å². The van der Waals surface area contributed by atoms with Gasteiger partial charge in [0.25, 0.3) is 0 Å². The highest BCUT2D eigenvalue weighted by Gasteiger charge is 2.33. The summed E-state index contributed by atoms with van der Waals surface area (Å²) in [5, 5.41) is 10.2. The summed E-state index contributed by atoms with van der Waals surface area (Å²) in [5.74, 6) is 5.28. The highest BCUT2D eigenvalue weighted by Crippen LogP contribution is 2.34. The highest BCUT2D eigenvalue weighted by atomic mass is 16.5. The minimum absolute atomic E-state index is 0.0480. The summed E-state index contributed by atoms with van der Waals surface area (Å²) in [4.78, 5) is 27.9. The second kappa shape index (κ2) is 6.75. The van der Waals surface area contributed by atoms with Gasteiger partial charge in [-0.25, -0.2) is 0 Å². The Morgan fingerprint density at radius 2 is 1.62 bits per heavy atom. The van der Waals surface area contributed by atoms with Gasteiger partial charge in [0, 0.05) is 29.8 Å². The summed E-state index contributed by atoms with van der Waals surface area (Å²) in [5.41, 5.74) is 1.39. The quantitative estimate of drug-likeness (QED) is 0.681. The lowest BCUT2D eigenvalue weighted by Gasteiger charge is -2.24. The van der Waals surface area contributed by atoms with Gasteiger partial charge in [0.1, 0.15) is 5.75 Å². The Bertz CT molecular complexity index is 962. The van der Waals surface area contributed by atoms with Crippen molar-refractivity contribution in [2.24, 2.45) is 0 Å². The van der Waals surface area contributed by atoms with Crippen LogP contribution in [0.25, 0.3) is 0 Å². The number of phenols is 1. The molecule has 0 spiro atoms. The standard InChI is InChI=1S/C21H17NO4/c23-17-8-7-14(4-3-9-22-10-12-26-13-11-22)18-19(17)21(25)16-6-2-1-5-15(16)20(18)24/h1-2,5-8,23H,9-13H2. The number of rotatable bonds is 1. The maximum absolute atomic E-state index is 12.9. The average Bonchev–Trinajstić information content (AvgIpc) is 2.68. The molecule has 26 heavy (non-hydrogen) atoms. The van der Waals surface area contributed by atoms with E-state index in [4.69, 9.17) is 4.74 Å². The number of morpholine rings is 1. The van der Waals surface area contributed by atoms with Crippen molar-refractivity contribution in [3.63, 3.8) is 0 Å². The molecule has 0 aromatic heterocycles. The molecule has 1 N–H and O–H groups in total. The Labute approximate surface area is 151 Å². The predicted molar refractivity (Wildman–Crippen MR) is 95.6 cm³/mol. The van der Waals surface area contributed by atoms with Gasteiger partial charge < -0.3 is 9.84 Å². The van der Waals surface area contributed by atoms with Crippen LogP contribution in [0.4, 0.5) is 0 Å². The maximum atomic E-state index is 12.9. The van der Waals surface area contributed by atoms with Crippen molar-refractivity contribution in [3.05, 3.63) is 64.2 Å². The summed E-state index contributed by atoms with van der Waals surface area (Å²) in [7, 11) is 0. The van der Waals surface area contributed by atoms with E-state index >= 15 is 0 Å². The van der Waals surface area contributed by atoms with Crippen molar-refractivity contribution in [2.45, 2.75) is 0 Å². The molecule has 1 fully saturated rings. The fraction of sp³-hybridized carbons (Fsp3) is 0.238. The van der Waals surface area contributed by atoms with Gasteiger partial charge in [-0.05, 0) is 12.1 Å². The Morgan fingerprint density at radius 1 is 0.962 bits per heavy atom. The van der Waals surface area contributed by atoms with Crippen molar-refractivity contribution in [3.8, 4) is 17.6 Å². The van der Waals surface area contributed by atoms with Gasteiger partial charge in [0.2, 0.25) is 0 Å². The molecule has 1 aliphatic heterocycles. The van der Waals surface area contributed by atoms with E-state index < -0.39 is 0 Å². The second-order valence-corrected chi connectivity index (χ2v) is 6.28. The van der Waals surface area contributed by atoms with E-state index in [9.17, 15) is 14.7 Å². The largest absolute Gasteiger partial charge is 0.507 e. The third-order valence-electron chi connectivity index (χ3n) is 4.68. The molecule has 0 unspecified atom stereocenters. The van der Waals surface area contributed by atoms with Crippen molar-refractivity contribution >= 4 is 11.6 Å². The second-order valence-electron chi connectivity index (χ2n) is 6.28. The molecule has 0 bridgehead atoms. The van der Waals surface area contributed by atoms with Crippen LogP contribution in [0.2, 0.25) is 0 Å². The van der Waals surface area contributed by atoms with Crippen molar-refractivity contribution in [2.75, 3.05) is 32.8 Å². The van der Waals surface area contributed by atoms with Crippen LogP contribution < -0.4 is 0 Å². The van der Waals surface area contributed by atoms with Crippen molar-refractivity contribution in [1.82, 2.24) is 4.90 Å². The molecule has 5 nitrogen and oxygen atoms in total. The fourth-order valence-corrected chi connectivity index (χ4v) is 3.32. The molecule has 0 atom stereocenters. The number of benzene rings is 2. The Hall–Kier alpha value is -2.94. The van der Waals surface area contributed by atoms with Gasteiger partial charge in [0.05, 0.1) is 30.9 Å². The van der Waals surface area contributed by atoms with E-state index in [-0.39, 0.29) is 28.4 Å². The summed E-state index contributed by atoms with van der Waals surface area (Å²) in [6.07, 6.45) is 0. The van der Waals surface area contributed by atoms with Crippen LogP contribution in [0, 0.1) is 11.8 Å². The normalized spacial score (nSPS) is 16.5. The molecule has 5 heteroatoms. The van der Waals surface area contributed by atoms with E-state index in [1.807, 2.05) is 0 Å². The molecule has 1 heterocycles. The number of hydrogen-bond donors (Lipinski definition) is 1. The van der Waals surface area contributed by atoms with E-state index in [1.165, 1.54) is 6.07 Å². The number of fused-ring (bicyclic) bond motifs is 2. The topological polar surface area (TPSA) is 66.8 Å². The fourth-order valence-electron chi connectivity index (χ4n) is 3.32. The minimum Gasteiger partial charge on any atom is -0.507 e. The number of carbonyl (C=O) groups excluding carboxylic acids is 2. The van der Waals surface area contributed by atoms with Gasteiger partial charge in [-0.15, -0.1) is 0 Å². The maximum Gasteiger partial charge on any atom is 0.198 e. The summed E-state index contributed by atoms with van der Waals surface area (Å²) in [6, 6.07) is 9.69. The Kier molecular flexibility index (Phi) is 4.29. The summed E-state index contributed by atoms with van der Waals surface area (Å²) < 4.78 is 5.31. The zero-order valence-corrected chi connectivity index (χ0v) is 14.1. The molecule has 1 aliphatic carbocycles. The van der Waals surface area contributed by atoms with Gasteiger partial charge in [0.15, 0.2) is 11.6 Å². The predicted octanol–water partition coefficient (Wildman–Crippen LogP) is 1.85. The monoisotopic (exact) mass is 347 g/mol. The molecule has 4 rings (SSSR count). The first-order valence-electron chi connectivity index (χ1n) is 8.50. The Balaban J connectivity index is 1.73. The van der Waals surface area contributed by atoms with Gasteiger partial charge >= 0.3 is 0 Å². The molecule has 2 aliphatic rings. The lowest BCUT2D eigenvalue weighted by molar-refractivity contribution is 0.0443. The number of ether oxygens (including phenoxy) is 1. The van der Waals surface area contributed by atoms with Crippen LogP contribution in [-0.4, -0.2) is 54.4 Å². The number of phenolic OH excluding ortho intramolecular Hbond substituents is 1. The lowest BCUT2D eigenvalue weighted by Crippen LogP contribution is -2.36. The SMILES string of the molecule is O=C1c2ccccc2C(=O)c2c(C#CCN3CCOCC3)ccc(O)c21. The molecule has 0 amide bonds. The first-order chi connectivity index (χ1) is 12.7. The zero-order valence-electron chi connectivity index (χ0n) is 14.1. The molecule has 1 saturated heterocycles. The lowest BCUT2D eigenvalue weighted by atomic mass is 9.81. The molecule has 0 radical (unpaired) electrons. The first kappa shape index (κ1) is 16.5. The highest BCUT2D eigenvalue weighted by molar-refractivity contribution is 6.30. The van der Waals surface area contributed by atoms with Crippen LogP contribution in [0.15, 0.2) is 36.4 Å². The van der Waals surface area contributed by atoms with Crippen molar-refractivity contribution in [1.29, 1.82) is 0 Å². The molecule has 2 aromatic carbocycles. The third-order valence-corrected chi connectivity index (χ3v) is 4.68. The van der Waals surface area contributed by atoms with Gasteiger partial charge in [-0.3, -0.25) is 14.5 Å². The van der Waals surface area contributed by atoms with Crippen LogP contribution in [0.5, 0.6) is 5.75 Å². The van der Waals surface area contributed by atoms with E-state index in [1.54, 1.807) is 30.3 Å². The third kappa shape index (κ3) is 2.80. The number of nitrogens with zero attached hydrogens (tertiary/aromatic N) is 1.